The molecule has 0 aromatic heterocycles. The average Bonchev–Trinajstić information content (AvgIpc) is 3.10. The lowest BCUT2D eigenvalue weighted by Crippen LogP contribution is -2.26. The first kappa shape index (κ1) is 11.8. The number of aromatic carboxylic acids is 1. The molecule has 1 aromatic carbocycles. The molecule has 0 radical (unpaired) electrons. The first-order valence-electron chi connectivity index (χ1n) is 5.99. The van der Waals surface area contributed by atoms with Crippen LogP contribution in [0.5, 0.6) is 0 Å². The molecule has 0 spiro atoms. The third-order valence-electron chi connectivity index (χ3n) is 3.18. The van der Waals surface area contributed by atoms with E-state index in [2.05, 4.69) is 11.8 Å². The zero-order valence-corrected chi connectivity index (χ0v) is 10.0. The third-order valence-corrected chi connectivity index (χ3v) is 3.18. The lowest BCUT2D eigenvalue weighted by Gasteiger charge is -2.24. The Morgan fingerprint density at radius 1 is 1.53 bits per heavy atom. The maximum absolute atomic E-state index is 11.0. The normalized spacial score (nSPS) is 14.6. The molecule has 0 atom stereocenters. The van der Waals surface area contributed by atoms with Gasteiger partial charge in [0.2, 0.25) is 0 Å². The zero-order valence-electron chi connectivity index (χ0n) is 10.0. The number of hydrogen-bond acceptors (Lipinski definition) is 3. The number of nitrogen functional groups attached to an aromatic ring is 1. The first-order valence-corrected chi connectivity index (χ1v) is 5.99. The van der Waals surface area contributed by atoms with E-state index in [1.807, 2.05) is 0 Å². The fourth-order valence-electron chi connectivity index (χ4n) is 1.96. The van der Waals surface area contributed by atoms with Crippen LogP contribution in [-0.4, -0.2) is 24.2 Å². The Balaban J connectivity index is 2.26. The molecule has 1 aliphatic rings. The molecule has 1 fully saturated rings. The fraction of sp³-hybridized carbons (Fsp3) is 0.462. The molecule has 0 bridgehead atoms. The molecular weight excluding hydrogens is 216 g/mol. The van der Waals surface area contributed by atoms with E-state index in [0.717, 1.165) is 24.7 Å². The molecule has 1 aliphatic carbocycles. The Morgan fingerprint density at radius 2 is 2.24 bits per heavy atom. The minimum absolute atomic E-state index is 0.295. The lowest BCUT2D eigenvalue weighted by atomic mass is 10.1. The monoisotopic (exact) mass is 234 g/mol. The topological polar surface area (TPSA) is 66.6 Å². The Morgan fingerprint density at radius 3 is 2.76 bits per heavy atom. The van der Waals surface area contributed by atoms with Gasteiger partial charge in [-0.3, -0.25) is 0 Å². The number of nitrogens with two attached hydrogens (primary N) is 1. The van der Waals surface area contributed by atoms with Crippen LogP contribution in [0.25, 0.3) is 0 Å². The van der Waals surface area contributed by atoms with Gasteiger partial charge in [0.05, 0.1) is 16.9 Å². The van der Waals surface area contributed by atoms with Gasteiger partial charge < -0.3 is 15.7 Å². The van der Waals surface area contributed by atoms with Gasteiger partial charge in [-0.25, -0.2) is 4.79 Å². The van der Waals surface area contributed by atoms with Crippen molar-refractivity contribution >= 4 is 17.3 Å². The molecule has 3 N–H and O–H groups in total. The molecule has 0 aliphatic heterocycles. The van der Waals surface area contributed by atoms with Gasteiger partial charge in [-0.15, -0.1) is 0 Å². The molecule has 92 valence electrons. The standard InChI is InChI=1S/C13H18N2O2/c1-2-15(8-9-3-4-9)12-7-10(13(16)17)5-6-11(12)14/h5-7,9H,2-4,8,14H2,1H3,(H,16,17). The van der Waals surface area contributed by atoms with E-state index >= 15 is 0 Å². The van der Waals surface area contributed by atoms with Crippen LogP contribution in [0, 0.1) is 5.92 Å². The van der Waals surface area contributed by atoms with Crippen molar-refractivity contribution in [2.45, 2.75) is 19.8 Å². The maximum Gasteiger partial charge on any atom is 0.335 e. The smallest absolute Gasteiger partial charge is 0.335 e. The molecule has 0 heterocycles. The number of hydrogen-bond donors (Lipinski definition) is 2. The number of carboxylic acid groups (broad SMARTS) is 1. The van der Waals surface area contributed by atoms with Crippen molar-refractivity contribution in [1.29, 1.82) is 0 Å². The second-order valence-corrected chi connectivity index (χ2v) is 4.56. The molecule has 2 rings (SSSR count). The predicted molar refractivity (Wildman–Crippen MR) is 68.4 cm³/mol. The number of rotatable bonds is 5. The third kappa shape index (κ3) is 2.70. The fourth-order valence-corrected chi connectivity index (χ4v) is 1.96. The Labute approximate surface area is 101 Å². The van der Waals surface area contributed by atoms with Crippen LogP contribution in [-0.2, 0) is 0 Å². The summed E-state index contributed by atoms with van der Waals surface area (Å²) in [5, 5.41) is 8.99. The molecule has 1 aromatic rings. The van der Waals surface area contributed by atoms with E-state index in [1.54, 1.807) is 18.2 Å². The quantitative estimate of drug-likeness (QED) is 0.766. The van der Waals surface area contributed by atoms with Crippen LogP contribution in [0.3, 0.4) is 0 Å². The Kier molecular flexibility index (Phi) is 3.22. The van der Waals surface area contributed by atoms with E-state index in [-0.39, 0.29) is 0 Å². The van der Waals surface area contributed by atoms with Crippen molar-refractivity contribution in [2.75, 3.05) is 23.7 Å². The first-order chi connectivity index (χ1) is 8.11. The van der Waals surface area contributed by atoms with Crippen molar-refractivity contribution in [3.63, 3.8) is 0 Å². The summed E-state index contributed by atoms with van der Waals surface area (Å²) in [5.74, 6) is -0.156. The van der Waals surface area contributed by atoms with E-state index in [9.17, 15) is 4.79 Å². The van der Waals surface area contributed by atoms with Gasteiger partial charge in [0.25, 0.3) is 0 Å². The van der Waals surface area contributed by atoms with Crippen LogP contribution in [0.15, 0.2) is 18.2 Å². The number of carbonyl (C=O) groups is 1. The Hall–Kier alpha value is -1.71. The van der Waals surface area contributed by atoms with Gasteiger partial charge >= 0.3 is 5.97 Å². The Bertz CT molecular complexity index is 427. The molecule has 0 saturated heterocycles. The minimum Gasteiger partial charge on any atom is -0.478 e. The highest BCUT2D eigenvalue weighted by Crippen LogP contribution is 2.33. The van der Waals surface area contributed by atoms with Gasteiger partial charge in [0.1, 0.15) is 0 Å². The summed E-state index contributed by atoms with van der Waals surface area (Å²) in [7, 11) is 0. The summed E-state index contributed by atoms with van der Waals surface area (Å²) >= 11 is 0. The lowest BCUT2D eigenvalue weighted by molar-refractivity contribution is 0.0697. The number of carboxylic acids is 1. The average molecular weight is 234 g/mol. The molecule has 4 nitrogen and oxygen atoms in total. The zero-order chi connectivity index (χ0) is 12.4. The summed E-state index contributed by atoms with van der Waals surface area (Å²) in [6.07, 6.45) is 2.55. The minimum atomic E-state index is -0.909. The molecular formula is C13H18N2O2. The SMILES string of the molecule is CCN(CC1CC1)c1cc(C(=O)O)ccc1N. The molecule has 0 amide bonds. The van der Waals surface area contributed by atoms with E-state index in [0.29, 0.717) is 11.3 Å². The van der Waals surface area contributed by atoms with Gasteiger partial charge in [0.15, 0.2) is 0 Å². The summed E-state index contributed by atoms with van der Waals surface area (Å²) in [5.41, 5.74) is 7.72. The van der Waals surface area contributed by atoms with E-state index in [1.165, 1.54) is 12.8 Å². The van der Waals surface area contributed by atoms with Gasteiger partial charge in [-0.1, -0.05) is 0 Å². The van der Waals surface area contributed by atoms with Crippen molar-refractivity contribution in [1.82, 2.24) is 0 Å². The van der Waals surface area contributed by atoms with Crippen LogP contribution in [0.4, 0.5) is 11.4 Å². The highest BCUT2D eigenvalue weighted by Gasteiger charge is 2.24. The van der Waals surface area contributed by atoms with Gasteiger partial charge in [-0.05, 0) is 43.9 Å². The second kappa shape index (κ2) is 4.65. The molecule has 0 unspecified atom stereocenters. The van der Waals surface area contributed by atoms with Crippen molar-refractivity contribution in [2.24, 2.45) is 5.92 Å². The second-order valence-electron chi connectivity index (χ2n) is 4.56. The van der Waals surface area contributed by atoms with Gasteiger partial charge in [0, 0.05) is 13.1 Å². The number of nitrogens with zero attached hydrogens (tertiary/aromatic N) is 1. The largest absolute Gasteiger partial charge is 0.478 e. The molecule has 1 saturated carbocycles. The predicted octanol–water partition coefficient (Wildman–Crippen LogP) is 2.20. The number of anilines is 2. The summed E-state index contributed by atoms with van der Waals surface area (Å²) in [6, 6.07) is 4.89. The van der Waals surface area contributed by atoms with Crippen molar-refractivity contribution in [3.8, 4) is 0 Å². The van der Waals surface area contributed by atoms with Crippen LogP contribution in [0.1, 0.15) is 30.1 Å². The summed E-state index contributed by atoms with van der Waals surface area (Å²) in [6.45, 7) is 3.89. The molecule has 4 heteroatoms. The highest BCUT2D eigenvalue weighted by atomic mass is 16.4. The van der Waals surface area contributed by atoms with Crippen molar-refractivity contribution in [3.05, 3.63) is 23.8 Å². The van der Waals surface area contributed by atoms with Crippen LogP contribution >= 0.6 is 0 Å². The molecule has 17 heavy (non-hydrogen) atoms. The summed E-state index contributed by atoms with van der Waals surface area (Å²) in [4.78, 5) is 13.1. The van der Waals surface area contributed by atoms with Crippen LogP contribution in [0.2, 0.25) is 0 Å². The van der Waals surface area contributed by atoms with Crippen LogP contribution < -0.4 is 10.6 Å². The van der Waals surface area contributed by atoms with E-state index in [4.69, 9.17) is 10.8 Å². The summed E-state index contributed by atoms with van der Waals surface area (Å²) < 4.78 is 0. The van der Waals surface area contributed by atoms with Gasteiger partial charge in [-0.2, -0.15) is 0 Å². The van der Waals surface area contributed by atoms with Crippen molar-refractivity contribution < 1.29 is 9.90 Å². The maximum atomic E-state index is 11.0. The van der Waals surface area contributed by atoms with E-state index < -0.39 is 5.97 Å². The number of benzene rings is 1. The highest BCUT2D eigenvalue weighted by molar-refractivity contribution is 5.90.